The minimum absolute atomic E-state index is 0.1000. The van der Waals surface area contributed by atoms with Gasteiger partial charge in [-0.3, -0.25) is 48.9 Å². The van der Waals surface area contributed by atoms with Crippen molar-refractivity contribution in [2.24, 2.45) is 0 Å². The zero-order valence-electron chi connectivity index (χ0n) is 41.7. The van der Waals surface area contributed by atoms with Gasteiger partial charge in [0.2, 0.25) is 33.7 Å². The fourth-order valence-electron chi connectivity index (χ4n) is 9.86. The van der Waals surface area contributed by atoms with Gasteiger partial charge in [-0.2, -0.15) is 4.98 Å². The Kier molecular flexibility index (Phi) is 16.1. The van der Waals surface area contributed by atoms with Crippen LogP contribution in [0, 0.1) is 0 Å². The third-order valence-electron chi connectivity index (χ3n) is 13.6. The lowest BCUT2D eigenvalue weighted by molar-refractivity contribution is -0.138. The molecule has 1 unspecified atom stereocenters. The number of hydrogen-bond donors (Lipinski definition) is 5. The maximum Gasteiger partial charge on any atom is 0.258 e. The van der Waals surface area contributed by atoms with E-state index >= 15 is 0 Å². The van der Waals surface area contributed by atoms with Crippen LogP contribution in [0.1, 0.15) is 54.1 Å². The van der Waals surface area contributed by atoms with E-state index in [9.17, 15) is 32.4 Å². The molecule has 5 N–H and O–H groups in total. The first-order valence-electron chi connectivity index (χ1n) is 24.7. The minimum atomic E-state index is -3.69. The zero-order valence-corrected chi connectivity index (χ0v) is 43.3. The number of imide groups is 1. The first-order valence-corrected chi connectivity index (χ1v) is 26.9. The molecule has 4 aliphatic rings. The van der Waals surface area contributed by atoms with Crippen molar-refractivity contribution in [1.82, 2.24) is 45.3 Å². The number of halogens is 1. The normalized spacial score (nSPS) is 17.4. The summed E-state index contributed by atoms with van der Waals surface area (Å²) in [5.74, 6) is -0.292. The summed E-state index contributed by atoms with van der Waals surface area (Å²) < 4.78 is 44.5. The lowest BCUT2D eigenvalue weighted by Crippen LogP contribution is -2.55. The summed E-state index contributed by atoms with van der Waals surface area (Å²) in [7, 11) is -2.08. The van der Waals surface area contributed by atoms with Gasteiger partial charge in [0.15, 0.2) is 12.4 Å². The van der Waals surface area contributed by atoms with Crippen molar-refractivity contribution in [3.8, 4) is 11.5 Å². The maximum atomic E-state index is 13.1. The van der Waals surface area contributed by atoms with Crippen molar-refractivity contribution in [1.29, 1.82) is 0 Å². The van der Waals surface area contributed by atoms with E-state index in [0.717, 1.165) is 62.9 Å². The van der Waals surface area contributed by atoms with Crippen LogP contribution in [0.15, 0.2) is 61.1 Å². The van der Waals surface area contributed by atoms with E-state index in [-0.39, 0.29) is 85.9 Å². The highest BCUT2D eigenvalue weighted by Gasteiger charge is 2.40. The van der Waals surface area contributed by atoms with Gasteiger partial charge in [-0.25, -0.2) is 13.4 Å². The predicted molar refractivity (Wildman–Crippen MR) is 279 cm³/mol. The highest BCUT2D eigenvalue weighted by Crippen LogP contribution is 2.39. The fourth-order valence-corrected chi connectivity index (χ4v) is 10.6. The quantitative estimate of drug-likeness (QED) is 0.0584. The molecule has 6 heterocycles. The Morgan fingerprint density at radius 1 is 0.907 bits per heavy atom. The number of anilines is 6. The number of aromatic nitrogens is 4. The second-order valence-corrected chi connectivity index (χ2v) is 20.6. The molecule has 0 radical (unpaired) electrons. The van der Waals surface area contributed by atoms with Crippen LogP contribution in [-0.2, 0) is 46.9 Å². The molecule has 1 atom stereocenters. The molecule has 3 saturated heterocycles. The first-order chi connectivity index (χ1) is 36.2. The van der Waals surface area contributed by atoms with Crippen LogP contribution in [-0.4, -0.2) is 164 Å². The third kappa shape index (κ3) is 12.3. The molecule has 23 nitrogen and oxygen atoms in total. The number of carbonyl (C=O) groups is 5. The van der Waals surface area contributed by atoms with E-state index in [4.69, 9.17) is 25.8 Å². The second-order valence-electron chi connectivity index (χ2n) is 18.5. The van der Waals surface area contributed by atoms with Gasteiger partial charge in [-0.1, -0.05) is 24.6 Å². The number of sulfonamides is 1. The number of amides is 5. The highest BCUT2D eigenvalue weighted by molar-refractivity contribution is 7.92. The van der Waals surface area contributed by atoms with Crippen molar-refractivity contribution < 1.29 is 46.6 Å². The number of ether oxygens (including phenoxy) is 3. The van der Waals surface area contributed by atoms with E-state index < -0.39 is 27.9 Å². The number of hydrogen-bond acceptors (Lipinski definition) is 18. The monoisotopic (exact) mass is 1070 g/mol. The number of methoxy groups -OCH3 is 1. The predicted octanol–water partition coefficient (Wildman–Crippen LogP) is 3.59. The van der Waals surface area contributed by atoms with Gasteiger partial charge in [0.05, 0.1) is 55.3 Å². The average Bonchev–Trinajstić information content (AvgIpc) is 3.74. The smallest absolute Gasteiger partial charge is 0.258 e. The van der Waals surface area contributed by atoms with Gasteiger partial charge in [-0.15, -0.1) is 0 Å². The molecule has 0 aliphatic carbocycles. The van der Waals surface area contributed by atoms with E-state index in [1.54, 1.807) is 37.4 Å². The van der Waals surface area contributed by atoms with Crippen molar-refractivity contribution in [2.45, 2.75) is 57.7 Å². The molecule has 5 amide bonds. The summed E-state index contributed by atoms with van der Waals surface area (Å²) >= 11 is 6.56. The Morgan fingerprint density at radius 3 is 2.44 bits per heavy atom. The molecule has 0 saturated carbocycles. The molecule has 75 heavy (non-hydrogen) atoms. The largest absolute Gasteiger partial charge is 0.494 e. The second kappa shape index (κ2) is 23.0. The SMILES string of the molecule is CCc1cc(Nc2ncc(Cl)c(Nc3ccc4nccnc4c3NS(C)(=O)=O)n2)c(OC)cc1N1CCC(N2CCN(C(=O)COCCNC(=O)COc3cccc4c3CN(C3CCC(=O)NC3=O)C4=O)CC2)CC1. The van der Waals surface area contributed by atoms with Crippen molar-refractivity contribution >= 4 is 96.7 Å². The molecule has 0 spiro atoms. The number of rotatable bonds is 19. The summed E-state index contributed by atoms with van der Waals surface area (Å²) in [6.07, 6.45) is 8.55. The van der Waals surface area contributed by atoms with Crippen LogP contribution in [0.3, 0.4) is 0 Å². The number of nitrogens with one attached hydrogen (secondary N) is 5. The number of nitrogens with zero attached hydrogens (tertiary/aromatic N) is 8. The number of piperidine rings is 2. The van der Waals surface area contributed by atoms with Crippen LogP contribution < -0.4 is 40.4 Å². The lowest BCUT2D eigenvalue weighted by atomic mass is 9.99. The molecule has 2 aromatic heterocycles. The summed E-state index contributed by atoms with van der Waals surface area (Å²) in [5.41, 5.74) is 5.21. The van der Waals surface area contributed by atoms with Crippen LogP contribution in [0.5, 0.6) is 11.5 Å². The summed E-state index contributed by atoms with van der Waals surface area (Å²) in [6, 6.07) is 12.0. The Hall–Kier alpha value is -7.41. The summed E-state index contributed by atoms with van der Waals surface area (Å²) in [4.78, 5) is 88.7. The molecule has 4 aliphatic heterocycles. The van der Waals surface area contributed by atoms with Gasteiger partial charge in [-0.05, 0) is 61.6 Å². The number of fused-ring (bicyclic) bond motifs is 2. The highest BCUT2D eigenvalue weighted by atomic mass is 35.5. The van der Waals surface area contributed by atoms with Crippen molar-refractivity contribution in [2.75, 3.05) is 99.3 Å². The van der Waals surface area contributed by atoms with Crippen molar-refractivity contribution in [3.05, 3.63) is 82.8 Å². The maximum absolute atomic E-state index is 13.1. The molecule has 3 aromatic carbocycles. The third-order valence-corrected chi connectivity index (χ3v) is 14.5. The Balaban J connectivity index is 0.707. The molecule has 25 heteroatoms. The summed E-state index contributed by atoms with van der Waals surface area (Å²) in [6.45, 7) is 6.52. The lowest BCUT2D eigenvalue weighted by Gasteiger charge is -2.43. The average molecular weight is 1070 g/mol. The Bertz CT molecular complexity index is 3120. The number of piperazine rings is 1. The molecule has 0 bridgehead atoms. The van der Waals surface area contributed by atoms with Gasteiger partial charge < -0.3 is 44.9 Å². The summed E-state index contributed by atoms with van der Waals surface area (Å²) in [5, 5.41) is 11.6. The van der Waals surface area contributed by atoms with Crippen LogP contribution in [0.25, 0.3) is 11.0 Å². The minimum Gasteiger partial charge on any atom is -0.494 e. The molecule has 396 valence electrons. The first kappa shape index (κ1) is 52.5. The molecular formula is C50H58ClN13O10S. The molecule has 9 rings (SSSR count). The molecule has 5 aromatic rings. The number of carbonyl (C=O) groups excluding carboxylic acids is 5. The molecular weight excluding hydrogens is 1010 g/mol. The Labute approximate surface area is 438 Å². The van der Waals surface area contributed by atoms with Crippen LogP contribution in [0.4, 0.5) is 34.5 Å². The van der Waals surface area contributed by atoms with Crippen molar-refractivity contribution in [3.63, 3.8) is 0 Å². The standard InChI is InChI=1S/C50H58ClN13O10S/c1-4-30-24-37(57-50-55-26-34(51)47(59-50)56-36-9-8-35-45(54-15-14-52-35)46(36)60-75(3,70)71)41(72-2)25-39(30)62-17-12-31(13-18-62)61-19-21-63(22-20-61)44(67)29-73-23-16-53-43(66)28-74-40-7-5-6-32-33(40)27-64(49(32)69)38-10-11-42(65)58-48(38)68/h5-9,14-15,24-26,31,38,60H,4,10-13,16-23,27-29H2,1-3H3,(H,53,66)(H,58,65,68)(H2,55,56,57,59). The van der Waals surface area contributed by atoms with E-state index in [0.29, 0.717) is 64.2 Å². The zero-order chi connectivity index (χ0) is 52.8. The number of aryl methyl sites for hydroxylation is 1. The van der Waals surface area contributed by atoms with Gasteiger partial charge in [0.1, 0.15) is 34.7 Å². The fraction of sp³-hybridized carbons (Fsp3) is 0.420. The van der Waals surface area contributed by atoms with Gasteiger partial charge in [0.25, 0.3) is 11.8 Å². The van der Waals surface area contributed by atoms with E-state index in [2.05, 4.69) is 62.6 Å². The van der Waals surface area contributed by atoms with E-state index in [1.807, 2.05) is 17.0 Å². The van der Waals surface area contributed by atoms with Gasteiger partial charge in [0, 0.05) is 93.6 Å². The van der Waals surface area contributed by atoms with Crippen LogP contribution in [0.2, 0.25) is 5.02 Å². The van der Waals surface area contributed by atoms with Crippen LogP contribution >= 0.6 is 11.6 Å². The Morgan fingerprint density at radius 2 is 1.69 bits per heavy atom. The van der Waals surface area contributed by atoms with E-state index in [1.165, 1.54) is 23.5 Å². The topological polar surface area (TPSA) is 272 Å². The van der Waals surface area contributed by atoms with Gasteiger partial charge >= 0.3 is 0 Å². The molecule has 3 fully saturated rings. The number of benzene rings is 3.